The lowest BCUT2D eigenvalue weighted by Gasteiger charge is -2.11. The topological polar surface area (TPSA) is 54.0 Å². The largest absolute Gasteiger partial charge is 0.384 e. The molecule has 4 heteroatoms. The van der Waals surface area contributed by atoms with E-state index < -0.39 is 0 Å². The highest BCUT2D eigenvalue weighted by Crippen LogP contribution is 2.17. The molecule has 0 bridgehead atoms. The first-order chi connectivity index (χ1) is 9.70. The number of aromatic nitrogens is 1. The van der Waals surface area contributed by atoms with Crippen molar-refractivity contribution in [3.63, 3.8) is 0 Å². The molecule has 1 aromatic carbocycles. The maximum absolute atomic E-state index is 12.3. The number of hydrogen-bond acceptors (Lipinski definition) is 3. The van der Waals surface area contributed by atoms with Crippen molar-refractivity contribution in [3.8, 4) is 0 Å². The first-order valence-electron chi connectivity index (χ1n) is 6.77. The van der Waals surface area contributed by atoms with Gasteiger partial charge in [-0.3, -0.25) is 4.79 Å². The standard InChI is InChI=1S/C16H19N3O/c1-3-9-17-14-7-5-4-6-13(14)16(20)19-15-11-12(2)8-10-18-15/h4-8,10-11,17H,3,9H2,1-2H3,(H,18,19,20). The summed E-state index contributed by atoms with van der Waals surface area (Å²) in [5, 5.41) is 6.09. The second-order valence-corrected chi connectivity index (χ2v) is 4.64. The lowest BCUT2D eigenvalue weighted by Crippen LogP contribution is -2.15. The Hall–Kier alpha value is -2.36. The number of benzene rings is 1. The van der Waals surface area contributed by atoms with E-state index in [1.54, 1.807) is 6.20 Å². The maximum atomic E-state index is 12.3. The zero-order valence-electron chi connectivity index (χ0n) is 11.8. The summed E-state index contributed by atoms with van der Waals surface area (Å²) in [5.41, 5.74) is 2.54. The first kappa shape index (κ1) is 14.1. The minimum absolute atomic E-state index is 0.151. The van der Waals surface area contributed by atoms with Crippen LogP contribution in [0, 0.1) is 6.92 Å². The smallest absolute Gasteiger partial charge is 0.258 e. The van der Waals surface area contributed by atoms with Gasteiger partial charge in [-0.2, -0.15) is 0 Å². The molecule has 1 aromatic heterocycles. The Morgan fingerprint density at radius 1 is 1.25 bits per heavy atom. The van der Waals surface area contributed by atoms with Gasteiger partial charge in [0.2, 0.25) is 0 Å². The predicted molar refractivity (Wildman–Crippen MR) is 82.1 cm³/mol. The van der Waals surface area contributed by atoms with E-state index >= 15 is 0 Å². The number of pyridine rings is 1. The Morgan fingerprint density at radius 3 is 2.80 bits per heavy atom. The van der Waals surface area contributed by atoms with E-state index in [0.717, 1.165) is 24.2 Å². The molecule has 0 spiro atoms. The molecule has 1 amide bonds. The molecule has 0 atom stereocenters. The normalized spacial score (nSPS) is 10.1. The highest BCUT2D eigenvalue weighted by Gasteiger charge is 2.11. The third-order valence-electron chi connectivity index (χ3n) is 2.89. The van der Waals surface area contributed by atoms with Crippen LogP contribution < -0.4 is 10.6 Å². The molecule has 0 fully saturated rings. The van der Waals surface area contributed by atoms with Crippen molar-refractivity contribution >= 4 is 17.4 Å². The van der Waals surface area contributed by atoms with Gasteiger partial charge in [-0.15, -0.1) is 0 Å². The van der Waals surface area contributed by atoms with Crippen LogP contribution in [0.4, 0.5) is 11.5 Å². The van der Waals surface area contributed by atoms with Gasteiger partial charge in [-0.05, 0) is 43.2 Å². The summed E-state index contributed by atoms with van der Waals surface area (Å²) in [4.78, 5) is 16.5. The van der Waals surface area contributed by atoms with E-state index in [2.05, 4.69) is 22.5 Å². The van der Waals surface area contributed by atoms with Crippen LogP contribution in [0.15, 0.2) is 42.6 Å². The van der Waals surface area contributed by atoms with Crippen LogP contribution in [0.5, 0.6) is 0 Å². The van der Waals surface area contributed by atoms with Crippen molar-refractivity contribution < 1.29 is 4.79 Å². The lowest BCUT2D eigenvalue weighted by atomic mass is 10.1. The van der Waals surface area contributed by atoms with Gasteiger partial charge >= 0.3 is 0 Å². The van der Waals surface area contributed by atoms with Crippen molar-refractivity contribution in [2.45, 2.75) is 20.3 Å². The van der Waals surface area contributed by atoms with Gasteiger partial charge < -0.3 is 10.6 Å². The molecule has 0 aliphatic carbocycles. The molecule has 104 valence electrons. The average molecular weight is 269 g/mol. The quantitative estimate of drug-likeness (QED) is 0.874. The first-order valence-corrected chi connectivity index (χ1v) is 6.77. The number of hydrogen-bond donors (Lipinski definition) is 2. The molecule has 2 aromatic rings. The summed E-state index contributed by atoms with van der Waals surface area (Å²) in [5.74, 6) is 0.419. The fourth-order valence-electron chi connectivity index (χ4n) is 1.88. The molecule has 2 rings (SSSR count). The van der Waals surface area contributed by atoms with Gasteiger partial charge in [0.15, 0.2) is 0 Å². The maximum Gasteiger partial charge on any atom is 0.258 e. The molecule has 0 aliphatic heterocycles. The summed E-state index contributed by atoms with van der Waals surface area (Å²) in [6.45, 7) is 4.90. The van der Waals surface area contributed by atoms with Crippen LogP contribution in [-0.4, -0.2) is 17.4 Å². The number of nitrogens with one attached hydrogen (secondary N) is 2. The molecule has 0 unspecified atom stereocenters. The fourth-order valence-corrected chi connectivity index (χ4v) is 1.88. The SMILES string of the molecule is CCCNc1ccccc1C(=O)Nc1cc(C)ccn1. The highest BCUT2D eigenvalue weighted by molar-refractivity contribution is 6.07. The van der Waals surface area contributed by atoms with Crippen molar-refractivity contribution in [3.05, 3.63) is 53.7 Å². The molecule has 0 radical (unpaired) electrons. The summed E-state index contributed by atoms with van der Waals surface area (Å²) in [7, 11) is 0. The predicted octanol–water partition coefficient (Wildman–Crippen LogP) is 3.46. The van der Waals surface area contributed by atoms with Gasteiger partial charge in [0.1, 0.15) is 5.82 Å². The van der Waals surface area contributed by atoms with E-state index in [0.29, 0.717) is 11.4 Å². The summed E-state index contributed by atoms with van der Waals surface area (Å²) in [6, 6.07) is 11.2. The Balaban J connectivity index is 2.16. The zero-order chi connectivity index (χ0) is 14.4. The summed E-state index contributed by atoms with van der Waals surface area (Å²) >= 11 is 0. The number of para-hydroxylation sites is 1. The summed E-state index contributed by atoms with van der Waals surface area (Å²) in [6.07, 6.45) is 2.70. The fraction of sp³-hybridized carbons (Fsp3) is 0.250. The Labute approximate surface area is 119 Å². The molecule has 0 saturated carbocycles. The molecule has 0 aliphatic rings. The van der Waals surface area contributed by atoms with Crippen molar-refractivity contribution in [2.24, 2.45) is 0 Å². The van der Waals surface area contributed by atoms with E-state index in [-0.39, 0.29) is 5.91 Å². The Morgan fingerprint density at radius 2 is 2.05 bits per heavy atom. The summed E-state index contributed by atoms with van der Waals surface area (Å²) < 4.78 is 0. The molecule has 2 N–H and O–H groups in total. The molecule has 4 nitrogen and oxygen atoms in total. The average Bonchev–Trinajstić information content (AvgIpc) is 2.45. The molecular formula is C16H19N3O. The van der Waals surface area contributed by atoms with Crippen LogP contribution in [-0.2, 0) is 0 Å². The number of nitrogens with zero attached hydrogens (tertiary/aromatic N) is 1. The number of carbonyl (C=O) groups is 1. The Bertz CT molecular complexity index is 596. The van der Waals surface area contributed by atoms with Gasteiger partial charge in [0, 0.05) is 18.4 Å². The number of carbonyl (C=O) groups excluding carboxylic acids is 1. The van der Waals surface area contributed by atoms with Crippen molar-refractivity contribution in [1.29, 1.82) is 0 Å². The van der Waals surface area contributed by atoms with E-state index in [1.807, 2.05) is 43.3 Å². The second kappa shape index (κ2) is 6.70. The molecule has 1 heterocycles. The number of amides is 1. The van der Waals surface area contributed by atoms with Crippen LogP contribution in [0.25, 0.3) is 0 Å². The third-order valence-corrected chi connectivity index (χ3v) is 2.89. The Kier molecular flexibility index (Phi) is 4.71. The lowest BCUT2D eigenvalue weighted by molar-refractivity contribution is 0.102. The van der Waals surface area contributed by atoms with E-state index in [4.69, 9.17) is 0 Å². The van der Waals surface area contributed by atoms with E-state index in [1.165, 1.54) is 0 Å². The van der Waals surface area contributed by atoms with Gasteiger partial charge in [0.05, 0.1) is 5.56 Å². The van der Waals surface area contributed by atoms with Crippen molar-refractivity contribution in [1.82, 2.24) is 4.98 Å². The third kappa shape index (κ3) is 3.57. The second-order valence-electron chi connectivity index (χ2n) is 4.64. The monoisotopic (exact) mass is 269 g/mol. The van der Waals surface area contributed by atoms with Gasteiger partial charge in [0.25, 0.3) is 5.91 Å². The van der Waals surface area contributed by atoms with Crippen LogP contribution in [0.2, 0.25) is 0 Å². The van der Waals surface area contributed by atoms with Crippen LogP contribution in [0.1, 0.15) is 29.3 Å². The van der Waals surface area contributed by atoms with Gasteiger partial charge in [-0.25, -0.2) is 4.98 Å². The molecule has 0 saturated heterocycles. The molecular weight excluding hydrogens is 250 g/mol. The van der Waals surface area contributed by atoms with Crippen molar-refractivity contribution in [2.75, 3.05) is 17.2 Å². The minimum Gasteiger partial charge on any atom is -0.384 e. The zero-order valence-corrected chi connectivity index (χ0v) is 11.8. The minimum atomic E-state index is -0.151. The number of rotatable bonds is 5. The van der Waals surface area contributed by atoms with Gasteiger partial charge in [-0.1, -0.05) is 19.1 Å². The van der Waals surface area contributed by atoms with Crippen LogP contribution in [0.3, 0.4) is 0 Å². The van der Waals surface area contributed by atoms with Crippen LogP contribution >= 0.6 is 0 Å². The number of aryl methyl sites for hydroxylation is 1. The number of anilines is 2. The highest BCUT2D eigenvalue weighted by atomic mass is 16.1. The molecule has 20 heavy (non-hydrogen) atoms. The van der Waals surface area contributed by atoms with E-state index in [9.17, 15) is 4.79 Å².